The highest BCUT2D eigenvalue weighted by Crippen LogP contribution is 2.37. The van der Waals surface area contributed by atoms with Gasteiger partial charge in [0.25, 0.3) is 0 Å². The van der Waals surface area contributed by atoms with Gasteiger partial charge >= 0.3 is 6.09 Å². The molecule has 5 N–H and O–H groups in total. The van der Waals surface area contributed by atoms with Crippen LogP contribution in [0.15, 0.2) is 102 Å². The zero-order chi connectivity index (χ0) is 43.5. The summed E-state index contributed by atoms with van der Waals surface area (Å²) < 4.78 is 44.2. The van der Waals surface area contributed by atoms with Crippen molar-refractivity contribution in [2.75, 3.05) is 45.9 Å². The first-order valence-corrected chi connectivity index (χ1v) is 21.9. The van der Waals surface area contributed by atoms with Crippen LogP contribution in [0.5, 0.6) is 11.5 Å². The van der Waals surface area contributed by atoms with Gasteiger partial charge in [-0.25, -0.2) is 13.6 Å². The molecule has 13 heteroatoms. The summed E-state index contributed by atoms with van der Waals surface area (Å²) in [5, 5.41) is 27.5. The Morgan fingerprint density at radius 2 is 1.53 bits per heavy atom. The number of fused-ring (bicyclic) bond motifs is 4. The van der Waals surface area contributed by atoms with Crippen LogP contribution in [0.25, 0.3) is 10.9 Å². The number of ketones is 1. The van der Waals surface area contributed by atoms with Gasteiger partial charge < -0.3 is 39.8 Å². The molecule has 3 atom stereocenters. The lowest BCUT2D eigenvalue weighted by molar-refractivity contribution is -0.938. The predicted octanol–water partition coefficient (Wildman–Crippen LogP) is 8.25. The number of ether oxygens (including phenoxy) is 2. The SMILES string of the molecule is O=C(NC(c1ccccc1)c1c(F)ccc(OCCCCCCCCCNCC(O)c2ccc(O)c3[nH]c(=O)ccc23)c1F)OC1C[N+]2(CC(=O)c3ccccc3)CCC1CC2. The molecule has 5 aromatic rings. The number of aromatic nitrogens is 1. The van der Waals surface area contributed by atoms with Gasteiger partial charge in [0.1, 0.15) is 24.7 Å². The Balaban J connectivity index is 0.846. The number of phenolic OH excluding ortho intramolecular Hbond substituents is 1. The predicted molar refractivity (Wildman–Crippen MR) is 233 cm³/mol. The van der Waals surface area contributed by atoms with E-state index in [1.165, 1.54) is 18.2 Å². The number of piperidine rings is 3. The number of hydrogen-bond acceptors (Lipinski definition) is 8. The van der Waals surface area contributed by atoms with E-state index in [-0.39, 0.29) is 40.9 Å². The average Bonchev–Trinajstić information content (AvgIpc) is 3.28. The number of phenols is 1. The van der Waals surface area contributed by atoms with E-state index in [0.29, 0.717) is 58.1 Å². The minimum Gasteiger partial charge on any atom is -0.506 e. The topological polar surface area (TPSA) is 150 Å². The summed E-state index contributed by atoms with van der Waals surface area (Å²) >= 11 is 0. The molecule has 4 heterocycles. The van der Waals surface area contributed by atoms with Crippen LogP contribution in [0.2, 0.25) is 0 Å². The van der Waals surface area contributed by atoms with Gasteiger partial charge in [-0.05, 0) is 54.8 Å². The largest absolute Gasteiger partial charge is 0.506 e. The van der Waals surface area contributed by atoms with E-state index in [9.17, 15) is 24.6 Å². The molecule has 3 fully saturated rings. The van der Waals surface area contributed by atoms with Gasteiger partial charge in [-0.2, -0.15) is 0 Å². The van der Waals surface area contributed by atoms with Crippen LogP contribution in [0, 0.1) is 17.6 Å². The highest BCUT2D eigenvalue weighted by Gasteiger charge is 2.48. The summed E-state index contributed by atoms with van der Waals surface area (Å²) in [6.07, 6.45) is 6.25. The van der Waals surface area contributed by atoms with Crippen molar-refractivity contribution < 1.29 is 42.5 Å². The fourth-order valence-corrected chi connectivity index (χ4v) is 9.10. The number of aromatic amines is 1. The summed E-state index contributed by atoms with van der Waals surface area (Å²) in [7, 11) is 0. The van der Waals surface area contributed by atoms with E-state index >= 15 is 8.78 Å². The van der Waals surface area contributed by atoms with Gasteiger partial charge in [0.15, 0.2) is 17.7 Å². The number of carbonyl (C=O) groups is 2. The number of carbonyl (C=O) groups excluding carboxylic acids is 2. The molecule has 0 saturated carbocycles. The number of benzene rings is 4. The number of aliphatic hydroxyl groups is 1. The van der Waals surface area contributed by atoms with E-state index in [1.54, 1.807) is 42.5 Å². The molecule has 8 rings (SSSR count). The molecular formula is C49H57F2N4O7+. The van der Waals surface area contributed by atoms with Gasteiger partial charge in [-0.1, -0.05) is 98.8 Å². The minimum absolute atomic E-state index is 0.0428. The highest BCUT2D eigenvalue weighted by molar-refractivity contribution is 5.97. The van der Waals surface area contributed by atoms with E-state index in [0.717, 1.165) is 77.1 Å². The van der Waals surface area contributed by atoms with Crippen molar-refractivity contribution in [3.63, 3.8) is 0 Å². The zero-order valence-corrected chi connectivity index (χ0v) is 35.0. The number of nitrogens with zero attached hydrogens (tertiary/aromatic N) is 1. The van der Waals surface area contributed by atoms with Crippen molar-refractivity contribution in [3.8, 4) is 11.5 Å². The molecule has 3 saturated heterocycles. The Kier molecular flexibility index (Phi) is 15.0. The zero-order valence-electron chi connectivity index (χ0n) is 35.0. The van der Waals surface area contributed by atoms with Crippen LogP contribution in [-0.4, -0.2) is 83.5 Å². The number of pyridine rings is 1. The quantitative estimate of drug-likeness (QED) is 0.0282. The molecule has 2 bridgehead atoms. The molecule has 3 unspecified atom stereocenters. The number of aromatic hydroxyl groups is 1. The van der Waals surface area contributed by atoms with Crippen molar-refractivity contribution in [2.45, 2.75) is 76.0 Å². The van der Waals surface area contributed by atoms with Gasteiger partial charge in [0.2, 0.25) is 11.3 Å². The molecule has 0 spiro atoms. The normalized spacial score (nSPS) is 19.2. The van der Waals surface area contributed by atoms with Crippen LogP contribution in [0.4, 0.5) is 13.6 Å². The second kappa shape index (κ2) is 21.0. The Hall–Kier alpha value is -5.63. The van der Waals surface area contributed by atoms with E-state index in [4.69, 9.17) is 9.47 Å². The van der Waals surface area contributed by atoms with Crippen molar-refractivity contribution in [2.24, 2.45) is 5.92 Å². The maximum atomic E-state index is 16.2. The fourth-order valence-electron chi connectivity index (χ4n) is 9.10. The van der Waals surface area contributed by atoms with E-state index in [1.807, 2.05) is 30.3 Å². The Labute approximate surface area is 360 Å². The maximum absolute atomic E-state index is 16.2. The lowest BCUT2D eigenvalue weighted by atomic mass is 9.83. The first-order chi connectivity index (χ1) is 30.1. The fraction of sp³-hybridized carbons (Fsp3) is 0.408. The van der Waals surface area contributed by atoms with Gasteiger partial charge in [0, 0.05) is 42.3 Å². The molecule has 0 radical (unpaired) electrons. The summed E-state index contributed by atoms with van der Waals surface area (Å²) in [4.78, 5) is 41.1. The molecule has 328 valence electrons. The summed E-state index contributed by atoms with van der Waals surface area (Å²) in [5.41, 5.74) is 1.44. The molecule has 4 aromatic carbocycles. The van der Waals surface area contributed by atoms with Crippen molar-refractivity contribution in [3.05, 3.63) is 141 Å². The smallest absolute Gasteiger partial charge is 0.408 e. The molecule has 62 heavy (non-hydrogen) atoms. The third-order valence-electron chi connectivity index (χ3n) is 12.5. The second-order valence-corrected chi connectivity index (χ2v) is 16.8. The molecule has 11 nitrogen and oxygen atoms in total. The molecule has 3 aliphatic rings. The number of nitrogens with one attached hydrogen (secondary N) is 3. The number of hydrogen-bond donors (Lipinski definition) is 5. The molecule has 0 aliphatic carbocycles. The molecule has 1 aromatic heterocycles. The number of rotatable bonds is 21. The number of aliphatic hydroxyl groups excluding tert-OH is 1. The second-order valence-electron chi connectivity index (χ2n) is 16.8. The van der Waals surface area contributed by atoms with Crippen LogP contribution >= 0.6 is 0 Å². The van der Waals surface area contributed by atoms with Crippen LogP contribution in [-0.2, 0) is 4.74 Å². The number of halogens is 2. The molecular weight excluding hydrogens is 795 g/mol. The number of amides is 1. The molecule has 3 aliphatic heterocycles. The Bertz CT molecular complexity index is 2340. The lowest BCUT2D eigenvalue weighted by Crippen LogP contribution is -2.66. The maximum Gasteiger partial charge on any atom is 0.408 e. The summed E-state index contributed by atoms with van der Waals surface area (Å²) in [6.45, 7) is 3.85. The Morgan fingerprint density at radius 1 is 0.839 bits per heavy atom. The number of quaternary nitrogens is 1. The van der Waals surface area contributed by atoms with Gasteiger partial charge in [0.05, 0.1) is 42.9 Å². The third-order valence-corrected chi connectivity index (χ3v) is 12.5. The highest BCUT2D eigenvalue weighted by atomic mass is 19.1. The third kappa shape index (κ3) is 11.1. The lowest BCUT2D eigenvalue weighted by Gasteiger charge is -2.51. The van der Waals surface area contributed by atoms with Crippen LogP contribution in [0.3, 0.4) is 0 Å². The van der Waals surface area contributed by atoms with Crippen LogP contribution < -0.4 is 20.9 Å². The monoisotopic (exact) mass is 851 g/mol. The van der Waals surface area contributed by atoms with Gasteiger partial charge in [-0.15, -0.1) is 0 Å². The number of Topliss-reactive ketones (excluding diaryl/α,β-unsaturated/α-hetero) is 1. The van der Waals surface area contributed by atoms with E-state index < -0.39 is 36.0 Å². The standard InChI is InChI=1S/C49H56F2N4O7/c50-38-20-22-42(61-29-13-5-3-1-2-4-12-26-52-30-40(57)36-18-21-39(56)48-37(36)19-23-44(59)53-48)46(51)45(38)47(35-16-10-7-11-17-35)54-49(60)62-43-32-55(27-24-34(43)25-28-55)31-41(58)33-14-8-6-9-15-33/h6-11,14-23,34,40,43,47,52,57H,1-5,12-13,24-32H2,(H2-,53,54,56,59,60)/p+1. The van der Waals surface area contributed by atoms with Crippen molar-refractivity contribution in [1.29, 1.82) is 0 Å². The van der Waals surface area contributed by atoms with Crippen LogP contribution in [0.1, 0.15) is 97.0 Å². The average molecular weight is 852 g/mol. The summed E-state index contributed by atoms with van der Waals surface area (Å²) in [5.74, 6) is -1.61. The number of H-pyrrole nitrogens is 1. The molecule has 1 amide bonds. The van der Waals surface area contributed by atoms with Crippen molar-refractivity contribution >= 4 is 22.8 Å². The Morgan fingerprint density at radius 3 is 2.27 bits per heavy atom. The number of alkyl carbamates (subject to hydrolysis) is 1. The van der Waals surface area contributed by atoms with Crippen molar-refractivity contribution in [1.82, 2.24) is 15.6 Å². The first kappa shape index (κ1) is 44.4. The number of unbranched alkanes of at least 4 members (excludes halogenated alkanes) is 6. The first-order valence-electron chi connectivity index (χ1n) is 21.9. The van der Waals surface area contributed by atoms with E-state index in [2.05, 4.69) is 15.6 Å². The summed E-state index contributed by atoms with van der Waals surface area (Å²) in [6, 6.07) is 25.3. The minimum atomic E-state index is -1.18. The van der Waals surface area contributed by atoms with Gasteiger partial charge in [-0.3, -0.25) is 9.59 Å².